The van der Waals surface area contributed by atoms with Gasteiger partial charge in [-0.25, -0.2) is 4.79 Å². The van der Waals surface area contributed by atoms with Gasteiger partial charge in [-0.1, -0.05) is 11.8 Å². The van der Waals surface area contributed by atoms with E-state index in [9.17, 15) is 14.4 Å². The number of nitrogens with one attached hydrogen (secondary N) is 1. The van der Waals surface area contributed by atoms with Crippen LogP contribution in [0.15, 0.2) is 18.2 Å². The fraction of sp³-hybridized carbons (Fsp3) is 0.389. The summed E-state index contributed by atoms with van der Waals surface area (Å²) >= 11 is 0. The number of likely N-dealkylation sites (tertiary alicyclic amines) is 1. The van der Waals surface area contributed by atoms with Crippen LogP contribution in [0.3, 0.4) is 0 Å². The molecule has 2 amide bonds. The van der Waals surface area contributed by atoms with Crippen molar-refractivity contribution >= 4 is 24.0 Å². The summed E-state index contributed by atoms with van der Waals surface area (Å²) in [7, 11) is 1.27. The summed E-state index contributed by atoms with van der Waals surface area (Å²) in [5, 5.41) is 11.7. The Bertz CT molecular complexity index is 712. The van der Waals surface area contributed by atoms with Gasteiger partial charge in [0.2, 0.25) is 12.3 Å². The number of carbonyl (C=O) groups excluding carboxylic acids is 3. The van der Waals surface area contributed by atoms with Gasteiger partial charge in [0.15, 0.2) is 0 Å². The second-order valence-corrected chi connectivity index (χ2v) is 5.62. The molecule has 2 rings (SSSR count). The van der Waals surface area contributed by atoms with Crippen molar-refractivity contribution in [2.45, 2.75) is 12.8 Å². The Morgan fingerprint density at radius 2 is 2.12 bits per heavy atom. The van der Waals surface area contributed by atoms with Gasteiger partial charge < -0.3 is 20.1 Å². The van der Waals surface area contributed by atoms with Crippen molar-refractivity contribution in [3.63, 3.8) is 0 Å². The molecule has 1 aromatic rings. The van der Waals surface area contributed by atoms with Gasteiger partial charge >= 0.3 is 5.97 Å². The molecule has 0 unspecified atom stereocenters. The first kappa shape index (κ1) is 18.5. The summed E-state index contributed by atoms with van der Waals surface area (Å²) in [5.74, 6) is 4.34. The minimum Gasteiger partial charge on any atom is -0.465 e. The SMILES string of the molecule is COC(=O)c1ccc(NC(=O)C2CCN(C=O)CC2)cc1C#CCO. The van der Waals surface area contributed by atoms with E-state index in [0.29, 0.717) is 37.2 Å². The van der Waals surface area contributed by atoms with E-state index in [1.165, 1.54) is 13.2 Å². The number of nitrogens with zero attached hydrogens (tertiary/aromatic N) is 1. The monoisotopic (exact) mass is 344 g/mol. The number of methoxy groups -OCH3 is 1. The zero-order chi connectivity index (χ0) is 18.2. The molecule has 7 nitrogen and oxygen atoms in total. The van der Waals surface area contributed by atoms with Crippen LogP contribution in [0.1, 0.15) is 28.8 Å². The predicted octanol–water partition coefficient (Wildman–Crippen LogP) is 0.624. The number of benzene rings is 1. The number of hydrogen-bond donors (Lipinski definition) is 2. The van der Waals surface area contributed by atoms with Gasteiger partial charge in [0.25, 0.3) is 0 Å². The van der Waals surface area contributed by atoms with Crippen LogP contribution in [0.2, 0.25) is 0 Å². The van der Waals surface area contributed by atoms with Crippen molar-refractivity contribution in [1.82, 2.24) is 4.90 Å². The molecule has 1 fully saturated rings. The highest BCUT2D eigenvalue weighted by atomic mass is 16.5. The Kier molecular flexibility index (Phi) is 6.54. The first-order chi connectivity index (χ1) is 12.1. The molecule has 7 heteroatoms. The van der Waals surface area contributed by atoms with Crippen molar-refractivity contribution in [2.75, 3.05) is 32.1 Å². The number of aliphatic hydroxyl groups is 1. The van der Waals surface area contributed by atoms with Crippen molar-refractivity contribution in [3.05, 3.63) is 29.3 Å². The molecule has 132 valence electrons. The number of piperidine rings is 1. The second kappa shape index (κ2) is 8.85. The summed E-state index contributed by atoms with van der Waals surface area (Å²) in [5.41, 5.74) is 1.15. The predicted molar refractivity (Wildman–Crippen MR) is 90.7 cm³/mol. The number of esters is 1. The summed E-state index contributed by atoms with van der Waals surface area (Å²) in [6, 6.07) is 4.71. The molecule has 0 atom stereocenters. The topological polar surface area (TPSA) is 95.9 Å². The number of amides is 2. The molecule has 1 aliphatic heterocycles. The minimum atomic E-state index is -0.540. The summed E-state index contributed by atoms with van der Waals surface area (Å²) in [6.07, 6.45) is 2.02. The molecular weight excluding hydrogens is 324 g/mol. The number of aliphatic hydroxyl groups excluding tert-OH is 1. The Morgan fingerprint density at radius 3 is 2.72 bits per heavy atom. The van der Waals surface area contributed by atoms with E-state index in [2.05, 4.69) is 17.2 Å². The van der Waals surface area contributed by atoms with E-state index in [1.807, 2.05) is 0 Å². The van der Waals surface area contributed by atoms with Crippen molar-refractivity contribution in [3.8, 4) is 11.8 Å². The average Bonchev–Trinajstić information content (AvgIpc) is 2.65. The van der Waals surface area contributed by atoms with Gasteiger partial charge in [-0.3, -0.25) is 9.59 Å². The Morgan fingerprint density at radius 1 is 1.40 bits per heavy atom. The lowest BCUT2D eigenvalue weighted by molar-refractivity contribution is -0.125. The van der Waals surface area contributed by atoms with Crippen molar-refractivity contribution in [2.24, 2.45) is 5.92 Å². The molecule has 0 saturated carbocycles. The molecular formula is C18H20N2O5. The van der Waals surface area contributed by atoms with Crippen LogP contribution in [0.5, 0.6) is 0 Å². The molecule has 0 bridgehead atoms. The standard InChI is InChI=1S/C18H20N2O5/c1-25-18(24)16-5-4-15(11-14(16)3-2-10-21)19-17(23)13-6-8-20(12-22)9-7-13/h4-5,11-13,21H,6-10H2,1H3,(H,19,23). The van der Waals surface area contributed by atoms with Crippen LogP contribution >= 0.6 is 0 Å². The van der Waals surface area contributed by atoms with Gasteiger partial charge in [0.05, 0.1) is 12.7 Å². The molecule has 0 spiro atoms. The van der Waals surface area contributed by atoms with Gasteiger partial charge in [-0.2, -0.15) is 0 Å². The third-order valence-corrected chi connectivity index (χ3v) is 4.04. The van der Waals surface area contributed by atoms with Gasteiger partial charge in [-0.05, 0) is 31.0 Å². The van der Waals surface area contributed by atoms with Crippen LogP contribution in [-0.4, -0.2) is 55.1 Å². The second-order valence-electron chi connectivity index (χ2n) is 5.62. The molecule has 1 saturated heterocycles. The summed E-state index contributed by atoms with van der Waals surface area (Å²) in [4.78, 5) is 36.5. The first-order valence-electron chi connectivity index (χ1n) is 7.91. The van der Waals surface area contributed by atoms with Gasteiger partial charge in [0, 0.05) is 30.3 Å². The first-order valence-corrected chi connectivity index (χ1v) is 7.91. The molecule has 1 aromatic carbocycles. The summed E-state index contributed by atoms with van der Waals surface area (Å²) in [6.45, 7) is 0.790. The largest absolute Gasteiger partial charge is 0.465 e. The Balaban J connectivity index is 2.12. The van der Waals surface area contributed by atoms with Crippen LogP contribution in [0, 0.1) is 17.8 Å². The number of anilines is 1. The highest BCUT2D eigenvalue weighted by Crippen LogP contribution is 2.21. The van der Waals surface area contributed by atoms with E-state index in [4.69, 9.17) is 9.84 Å². The van der Waals surface area contributed by atoms with Crippen LogP contribution in [-0.2, 0) is 14.3 Å². The molecule has 0 radical (unpaired) electrons. The van der Waals surface area contributed by atoms with Crippen LogP contribution < -0.4 is 5.32 Å². The fourth-order valence-electron chi connectivity index (χ4n) is 2.66. The molecule has 0 aromatic heterocycles. The zero-order valence-corrected chi connectivity index (χ0v) is 13.9. The third kappa shape index (κ3) is 4.81. The van der Waals surface area contributed by atoms with Crippen LogP contribution in [0.4, 0.5) is 5.69 Å². The van der Waals surface area contributed by atoms with E-state index < -0.39 is 5.97 Å². The van der Waals surface area contributed by atoms with Gasteiger partial charge in [0.1, 0.15) is 6.61 Å². The lowest BCUT2D eigenvalue weighted by atomic mass is 9.96. The van der Waals surface area contributed by atoms with Crippen LogP contribution in [0.25, 0.3) is 0 Å². The minimum absolute atomic E-state index is 0.127. The Hall–Kier alpha value is -2.85. The number of ether oxygens (including phenoxy) is 1. The highest BCUT2D eigenvalue weighted by molar-refractivity contribution is 5.96. The van der Waals surface area contributed by atoms with E-state index in [1.54, 1.807) is 17.0 Å². The molecule has 1 heterocycles. The molecule has 1 aliphatic rings. The lowest BCUT2D eigenvalue weighted by Crippen LogP contribution is -2.37. The third-order valence-electron chi connectivity index (χ3n) is 4.04. The fourth-order valence-corrected chi connectivity index (χ4v) is 2.66. The number of rotatable bonds is 4. The van der Waals surface area contributed by atoms with Crippen molar-refractivity contribution < 1.29 is 24.2 Å². The molecule has 0 aliphatic carbocycles. The molecule has 25 heavy (non-hydrogen) atoms. The lowest BCUT2D eigenvalue weighted by Gasteiger charge is -2.28. The average molecular weight is 344 g/mol. The van der Waals surface area contributed by atoms with E-state index >= 15 is 0 Å². The van der Waals surface area contributed by atoms with Gasteiger partial charge in [-0.15, -0.1) is 0 Å². The highest BCUT2D eigenvalue weighted by Gasteiger charge is 2.24. The zero-order valence-electron chi connectivity index (χ0n) is 13.9. The maximum atomic E-state index is 12.4. The van der Waals surface area contributed by atoms with E-state index in [-0.39, 0.29) is 24.0 Å². The maximum Gasteiger partial charge on any atom is 0.339 e. The normalized spacial score (nSPS) is 14.2. The molecule has 2 N–H and O–H groups in total. The Labute approximate surface area is 146 Å². The maximum absolute atomic E-state index is 12.4. The van der Waals surface area contributed by atoms with Crippen molar-refractivity contribution in [1.29, 1.82) is 0 Å². The number of hydrogen-bond acceptors (Lipinski definition) is 5. The summed E-state index contributed by atoms with van der Waals surface area (Å²) < 4.78 is 4.70. The number of carbonyl (C=O) groups is 3. The van der Waals surface area contributed by atoms with E-state index in [0.717, 1.165) is 6.41 Å². The quantitative estimate of drug-likeness (QED) is 0.474. The smallest absolute Gasteiger partial charge is 0.339 e.